The fraction of sp³-hybridized carbons (Fsp3) is 0.619. The van der Waals surface area contributed by atoms with Gasteiger partial charge in [-0.2, -0.15) is 13.2 Å². The van der Waals surface area contributed by atoms with Gasteiger partial charge < -0.3 is 14.7 Å². The van der Waals surface area contributed by atoms with Gasteiger partial charge in [0.15, 0.2) is 0 Å². The number of likely N-dealkylation sites (tertiary alicyclic amines) is 1. The van der Waals surface area contributed by atoms with Crippen LogP contribution in [-0.2, 0) is 19.6 Å². The van der Waals surface area contributed by atoms with Gasteiger partial charge in [0.1, 0.15) is 0 Å². The molecule has 0 bridgehead atoms. The number of carboxylic acids is 1. The number of ether oxygens (including phenoxy) is 1. The van der Waals surface area contributed by atoms with E-state index in [4.69, 9.17) is 14.6 Å². The first-order chi connectivity index (χ1) is 15.9. The maximum absolute atomic E-state index is 12.8. The number of piperidine rings is 1. The Hall–Kier alpha value is -2.38. The zero-order valence-electron chi connectivity index (χ0n) is 18.9. The van der Waals surface area contributed by atoms with Gasteiger partial charge >= 0.3 is 12.1 Å². The van der Waals surface area contributed by atoms with Gasteiger partial charge in [-0.3, -0.25) is 14.4 Å². The maximum Gasteiger partial charge on any atom is 0.490 e. The van der Waals surface area contributed by atoms with Crippen molar-refractivity contribution in [2.75, 3.05) is 56.4 Å². The molecule has 1 unspecified atom stereocenters. The molecule has 0 saturated carbocycles. The van der Waals surface area contributed by atoms with Crippen LogP contribution in [0, 0.1) is 5.92 Å². The lowest BCUT2D eigenvalue weighted by Crippen LogP contribution is -2.46. The molecule has 2 heterocycles. The smallest absolute Gasteiger partial charge is 0.475 e. The lowest BCUT2D eigenvalue weighted by atomic mass is 9.96. The minimum atomic E-state index is -5.08. The molecule has 192 valence electrons. The van der Waals surface area contributed by atoms with Gasteiger partial charge in [-0.15, -0.1) is 0 Å². The molecule has 1 amide bonds. The Labute approximate surface area is 196 Å². The van der Waals surface area contributed by atoms with E-state index >= 15 is 0 Å². The summed E-state index contributed by atoms with van der Waals surface area (Å²) in [6, 6.07) is 6.69. The summed E-state index contributed by atoms with van der Waals surface area (Å²) < 4.78 is 62.9. The number of carboxylic acid groups (broad SMARTS) is 1. The topological polar surface area (TPSA) is 116 Å². The highest BCUT2D eigenvalue weighted by Gasteiger charge is 2.38. The summed E-state index contributed by atoms with van der Waals surface area (Å²) in [6.45, 7) is 7.70. The van der Waals surface area contributed by atoms with Gasteiger partial charge in [0.05, 0.1) is 19.0 Å². The fourth-order valence-corrected chi connectivity index (χ4v) is 4.30. The largest absolute Gasteiger partial charge is 0.490 e. The number of hydrogen-bond donors (Lipinski definition) is 2. The van der Waals surface area contributed by atoms with Crippen LogP contribution in [0.4, 0.5) is 18.9 Å². The van der Waals surface area contributed by atoms with Gasteiger partial charge in [0.25, 0.3) is 5.91 Å². The van der Waals surface area contributed by atoms with E-state index in [9.17, 15) is 26.4 Å². The van der Waals surface area contributed by atoms with Gasteiger partial charge in [0, 0.05) is 44.0 Å². The van der Waals surface area contributed by atoms with Crippen LogP contribution in [0.25, 0.3) is 0 Å². The first-order valence-corrected chi connectivity index (χ1v) is 12.6. The molecule has 0 aromatic heterocycles. The number of sulfonamides is 1. The van der Waals surface area contributed by atoms with Crippen molar-refractivity contribution in [3.05, 3.63) is 29.8 Å². The van der Waals surface area contributed by atoms with Crippen LogP contribution in [0.5, 0.6) is 0 Å². The zero-order valence-corrected chi connectivity index (χ0v) is 19.7. The number of anilines is 1. The number of amides is 1. The number of halogens is 3. The molecule has 1 aromatic carbocycles. The van der Waals surface area contributed by atoms with Crippen molar-refractivity contribution in [2.45, 2.75) is 25.9 Å². The second-order valence-electron chi connectivity index (χ2n) is 8.06. The summed E-state index contributed by atoms with van der Waals surface area (Å²) in [6.07, 6.45) is -2.91. The average Bonchev–Trinajstić information content (AvgIpc) is 2.79. The van der Waals surface area contributed by atoms with E-state index in [0.717, 1.165) is 58.8 Å². The molecule has 0 spiro atoms. The Morgan fingerprint density at radius 3 is 2.26 bits per heavy atom. The summed E-state index contributed by atoms with van der Waals surface area (Å²) in [4.78, 5) is 26.1. The molecule has 3 rings (SSSR count). The number of aliphatic carboxylic acids is 1. The molecule has 2 saturated heterocycles. The lowest BCUT2D eigenvalue weighted by molar-refractivity contribution is -0.192. The molecule has 1 aromatic rings. The molecule has 0 radical (unpaired) electrons. The van der Waals surface area contributed by atoms with E-state index in [1.165, 1.54) is 0 Å². The second-order valence-corrected chi connectivity index (χ2v) is 10.1. The fourth-order valence-electron chi connectivity index (χ4n) is 3.66. The monoisotopic (exact) mass is 509 g/mol. The van der Waals surface area contributed by atoms with Crippen molar-refractivity contribution in [1.82, 2.24) is 9.80 Å². The van der Waals surface area contributed by atoms with E-state index in [1.807, 2.05) is 4.90 Å². The van der Waals surface area contributed by atoms with Crippen molar-refractivity contribution >= 4 is 27.6 Å². The van der Waals surface area contributed by atoms with Crippen LogP contribution in [0.2, 0.25) is 0 Å². The molecular formula is C21H30F3N3O6S. The lowest BCUT2D eigenvalue weighted by Gasteiger charge is -2.36. The van der Waals surface area contributed by atoms with Crippen molar-refractivity contribution in [3.8, 4) is 0 Å². The molecule has 2 aliphatic heterocycles. The minimum Gasteiger partial charge on any atom is -0.475 e. The third-order valence-electron chi connectivity index (χ3n) is 5.45. The first-order valence-electron chi connectivity index (χ1n) is 10.9. The Morgan fingerprint density at radius 2 is 1.74 bits per heavy atom. The second kappa shape index (κ2) is 12.4. The standard InChI is InChI=1S/C19H29N3O4S.C2HF3O2/c1-2-27(24,25)20-18-7-5-17(6-8-18)19(23)22-9-3-4-16(15-22)14-21-10-12-26-13-11-21;3-2(4,5)1(6)7/h5-8,16,20H,2-4,9-15H2,1H3;(H,6,7). The van der Waals surface area contributed by atoms with Gasteiger partial charge in [-0.1, -0.05) is 0 Å². The van der Waals surface area contributed by atoms with E-state index in [1.54, 1.807) is 31.2 Å². The molecule has 2 fully saturated rings. The first kappa shape index (κ1) is 27.9. The predicted molar refractivity (Wildman–Crippen MR) is 119 cm³/mol. The molecular weight excluding hydrogens is 479 g/mol. The van der Waals surface area contributed by atoms with E-state index in [-0.39, 0.29) is 11.7 Å². The van der Waals surface area contributed by atoms with Gasteiger partial charge in [0.2, 0.25) is 10.0 Å². The summed E-state index contributed by atoms with van der Waals surface area (Å²) >= 11 is 0. The number of nitrogens with zero attached hydrogens (tertiary/aromatic N) is 2. The van der Waals surface area contributed by atoms with Crippen molar-refractivity contribution in [1.29, 1.82) is 0 Å². The Morgan fingerprint density at radius 1 is 1.15 bits per heavy atom. The zero-order chi connectivity index (χ0) is 25.4. The van der Waals surface area contributed by atoms with E-state index in [0.29, 0.717) is 17.2 Å². The Balaban J connectivity index is 0.000000509. The summed E-state index contributed by atoms with van der Waals surface area (Å²) in [7, 11) is -3.31. The molecule has 34 heavy (non-hydrogen) atoms. The number of morpholine rings is 1. The highest BCUT2D eigenvalue weighted by Crippen LogP contribution is 2.21. The highest BCUT2D eigenvalue weighted by atomic mass is 32.2. The number of benzene rings is 1. The van der Waals surface area contributed by atoms with Crippen molar-refractivity contribution in [2.24, 2.45) is 5.92 Å². The Bertz CT molecular complexity index is 919. The number of rotatable bonds is 6. The molecule has 13 heteroatoms. The van der Waals surface area contributed by atoms with Crippen LogP contribution in [0.3, 0.4) is 0 Å². The van der Waals surface area contributed by atoms with E-state index in [2.05, 4.69) is 9.62 Å². The van der Waals surface area contributed by atoms with Crippen LogP contribution in [0.15, 0.2) is 24.3 Å². The number of carbonyl (C=O) groups is 2. The van der Waals surface area contributed by atoms with Crippen molar-refractivity contribution < 1.29 is 41.0 Å². The van der Waals surface area contributed by atoms with Crippen molar-refractivity contribution in [3.63, 3.8) is 0 Å². The number of alkyl halides is 3. The highest BCUT2D eigenvalue weighted by molar-refractivity contribution is 7.92. The predicted octanol–water partition coefficient (Wildman–Crippen LogP) is 2.27. The molecule has 1 atom stereocenters. The number of hydrogen-bond acceptors (Lipinski definition) is 6. The summed E-state index contributed by atoms with van der Waals surface area (Å²) in [5, 5.41) is 7.12. The normalized spacial score (nSPS) is 19.6. The Kier molecular flexibility index (Phi) is 10.1. The third kappa shape index (κ3) is 9.11. The number of nitrogens with one attached hydrogen (secondary N) is 1. The van der Waals surface area contributed by atoms with Gasteiger partial charge in [-0.25, -0.2) is 13.2 Å². The van der Waals surface area contributed by atoms with Crippen LogP contribution >= 0.6 is 0 Å². The summed E-state index contributed by atoms with van der Waals surface area (Å²) in [5.41, 5.74) is 1.08. The molecule has 2 N–H and O–H groups in total. The third-order valence-corrected chi connectivity index (χ3v) is 6.76. The number of carbonyl (C=O) groups excluding carboxylic acids is 1. The van der Waals surface area contributed by atoms with E-state index < -0.39 is 22.2 Å². The van der Waals surface area contributed by atoms with Crippen LogP contribution < -0.4 is 4.72 Å². The van der Waals surface area contributed by atoms with Crippen LogP contribution in [-0.4, -0.2) is 93.1 Å². The molecule has 2 aliphatic rings. The quantitative estimate of drug-likeness (QED) is 0.604. The molecule has 9 nitrogen and oxygen atoms in total. The average molecular weight is 510 g/mol. The summed E-state index contributed by atoms with van der Waals surface area (Å²) in [5.74, 6) is -2.22. The van der Waals surface area contributed by atoms with Gasteiger partial charge in [-0.05, 0) is 49.9 Å². The SMILES string of the molecule is CCS(=O)(=O)Nc1ccc(C(=O)N2CCCC(CN3CCOCC3)C2)cc1.O=C(O)C(F)(F)F. The minimum absolute atomic E-state index is 0.0198. The molecule has 0 aliphatic carbocycles. The maximum atomic E-state index is 12.8. The van der Waals surface area contributed by atoms with Crippen LogP contribution in [0.1, 0.15) is 30.1 Å².